The summed E-state index contributed by atoms with van der Waals surface area (Å²) in [6.07, 6.45) is 1.78. The third-order valence-electron chi connectivity index (χ3n) is 2.29. The molecule has 0 radical (unpaired) electrons. The summed E-state index contributed by atoms with van der Waals surface area (Å²) in [6.45, 7) is 8.49. The standard InChI is InChI=1S/C11H19N3OS/c1-5-12-9(15)8(2)14-11(3,4)10-13-6-7-16-10/h6-8,14H,5H2,1-4H3,(H,12,15). The van der Waals surface area contributed by atoms with Gasteiger partial charge in [-0.1, -0.05) is 0 Å². The number of likely N-dealkylation sites (N-methyl/N-ethyl adjacent to an activating group) is 1. The third kappa shape index (κ3) is 3.28. The van der Waals surface area contributed by atoms with E-state index in [1.807, 2.05) is 33.1 Å². The number of hydrogen-bond acceptors (Lipinski definition) is 4. The van der Waals surface area contributed by atoms with Gasteiger partial charge in [0.2, 0.25) is 5.91 Å². The Morgan fingerprint density at radius 1 is 1.62 bits per heavy atom. The molecular formula is C11H19N3OS. The fourth-order valence-electron chi connectivity index (χ4n) is 1.53. The average molecular weight is 241 g/mol. The Bertz CT molecular complexity index is 335. The van der Waals surface area contributed by atoms with E-state index in [9.17, 15) is 4.79 Å². The average Bonchev–Trinajstić information content (AvgIpc) is 2.70. The number of carbonyl (C=O) groups excluding carboxylic acids is 1. The summed E-state index contributed by atoms with van der Waals surface area (Å²) < 4.78 is 0. The maximum atomic E-state index is 11.6. The first-order valence-electron chi connectivity index (χ1n) is 5.42. The summed E-state index contributed by atoms with van der Waals surface area (Å²) in [5, 5.41) is 9.00. The highest BCUT2D eigenvalue weighted by Crippen LogP contribution is 2.22. The second-order valence-electron chi connectivity index (χ2n) is 4.22. The molecule has 1 amide bonds. The predicted octanol–water partition coefficient (Wildman–Crippen LogP) is 1.49. The zero-order valence-electron chi connectivity index (χ0n) is 10.2. The lowest BCUT2D eigenvalue weighted by atomic mass is 10.1. The first kappa shape index (κ1) is 13.1. The van der Waals surface area contributed by atoms with E-state index in [0.29, 0.717) is 6.54 Å². The number of aromatic nitrogens is 1. The Labute approximate surface area is 100 Å². The number of hydrogen-bond donors (Lipinski definition) is 2. The summed E-state index contributed by atoms with van der Waals surface area (Å²) in [4.78, 5) is 15.9. The fraction of sp³-hybridized carbons (Fsp3) is 0.636. The van der Waals surface area contributed by atoms with Crippen LogP contribution in [0.15, 0.2) is 11.6 Å². The van der Waals surface area contributed by atoms with Crippen molar-refractivity contribution in [3.8, 4) is 0 Å². The monoisotopic (exact) mass is 241 g/mol. The molecule has 0 saturated carbocycles. The highest BCUT2D eigenvalue weighted by Gasteiger charge is 2.27. The van der Waals surface area contributed by atoms with E-state index in [-0.39, 0.29) is 17.5 Å². The number of nitrogens with one attached hydrogen (secondary N) is 2. The summed E-state index contributed by atoms with van der Waals surface area (Å²) >= 11 is 1.59. The Kier molecular flexibility index (Phi) is 4.44. The van der Waals surface area contributed by atoms with Gasteiger partial charge in [0, 0.05) is 18.1 Å². The Hall–Kier alpha value is -0.940. The molecule has 16 heavy (non-hydrogen) atoms. The summed E-state index contributed by atoms with van der Waals surface area (Å²) in [5.41, 5.74) is -0.279. The molecule has 5 heteroatoms. The molecule has 0 aliphatic carbocycles. The van der Waals surface area contributed by atoms with Gasteiger partial charge in [0.1, 0.15) is 5.01 Å². The Morgan fingerprint density at radius 3 is 2.81 bits per heavy atom. The zero-order chi connectivity index (χ0) is 12.2. The molecule has 1 unspecified atom stereocenters. The first-order valence-corrected chi connectivity index (χ1v) is 6.30. The molecule has 1 atom stereocenters. The molecule has 4 nitrogen and oxygen atoms in total. The van der Waals surface area contributed by atoms with Gasteiger partial charge < -0.3 is 5.32 Å². The molecule has 90 valence electrons. The second kappa shape index (κ2) is 5.41. The van der Waals surface area contributed by atoms with Crippen molar-refractivity contribution in [1.29, 1.82) is 0 Å². The van der Waals surface area contributed by atoms with E-state index in [2.05, 4.69) is 15.6 Å². The van der Waals surface area contributed by atoms with Crippen molar-refractivity contribution in [1.82, 2.24) is 15.6 Å². The molecule has 0 bridgehead atoms. The van der Waals surface area contributed by atoms with Crippen molar-refractivity contribution in [3.05, 3.63) is 16.6 Å². The van der Waals surface area contributed by atoms with Gasteiger partial charge in [-0.3, -0.25) is 10.1 Å². The molecule has 1 heterocycles. The molecule has 0 saturated heterocycles. The second-order valence-corrected chi connectivity index (χ2v) is 5.12. The van der Waals surface area contributed by atoms with Crippen molar-refractivity contribution < 1.29 is 4.79 Å². The van der Waals surface area contributed by atoms with Crippen LogP contribution in [0.1, 0.15) is 32.7 Å². The number of nitrogens with zero attached hydrogens (tertiary/aromatic N) is 1. The Morgan fingerprint density at radius 2 is 2.31 bits per heavy atom. The highest BCUT2D eigenvalue weighted by atomic mass is 32.1. The zero-order valence-corrected chi connectivity index (χ0v) is 11.0. The van der Waals surface area contributed by atoms with Crippen LogP contribution in [0.2, 0.25) is 0 Å². The summed E-state index contributed by atoms with van der Waals surface area (Å²) in [5.74, 6) is 0.0205. The van der Waals surface area contributed by atoms with E-state index in [4.69, 9.17) is 0 Å². The Balaban J connectivity index is 2.62. The van der Waals surface area contributed by atoms with Gasteiger partial charge in [0.25, 0.3) is 0 Å². The lowest BCUT2D eigenvalue weighted by Crippen LogP contribution is -2.49. The fourth-order valence-corrected chi connectivity index (χ4v) is 2.25. The van der Waals surface area contributed by atoms with Gasteiger partial charge in [-0.2, -0.15) is 0 Å². The highest BCUT2D eigenvalue weighted by molar-refractivity contribution is 7.09. The van der Waals surface area contributed by atoms with Gasteiger partial charge in [-0.15, -0.1) is 11.3 Å². The molecular weight excluding hydrogens is 222 g/mol. The number of amides is 1. The van der Waals surface area contributed by atoms with Crippen molar-refractivity contribution in [3.63, 3.8) is 0 Å². The van der Waals surface area contributed by atoms with E-state index in [0.717, 1.165) is 5.01 Å². The summed E-state index contributed by atoms with van der Waals surface area (Å²) in [7, 11) is 0. The topological polar surface area (TPSA) is 54.0 Å². The number of thiazole rings is 1. The predicted molar refractivity (Wildman–Crippen MR) is 66.4 cm³/mol. The van der Waals surface area contributed by atoms with Crippen LogP contribution in [0.4, 0.5) is 0 Å². The molecule has 1 aromatic heterocycles. The van der Waals surface area contributed by atoms with Gasteiger partial charge in [-0.25, -0.2) is 4.98 Å². The van der Waals surface area contributed by atoms with E-state index in [1.54, 1.807) is 17.5 Å². The van der Waals surface area contributed by atoms with Crippen LogP contribution in [0.5, 0.6) is 0 Å². The van der Waals surface area contributed by atoms with Crippen LogP contribution in [0.3, 0.4) is 0 Å². The largest absolute Gasteiger partial charge is 0.355 e. The van der Waals surface area contributed by atoms with Crippen LogP contribution in [-0.4, -0.2) is 23.5 Å². The van der Waals surface area contributed by atoms with E-state index in [1.165, 1.54) is 0 Å². The van der Waals surface area contributed by atoms with Crippen molar-refractivity contribution in [2.75, 3.05) is 6.54 Å². The van der Waals surface area contributed by atoms with Gasteiger partial charge in [-0.05, 0) is 27.7 Å². The van der Waals surface area contributed by atoms with Gasteiger partial charge in [0.05, 0.1) is 11.6 Å². The number of carbonyl (C=O) groups is 1. The normalized spacial score (nSPS) is 13.5. The van der Waals surface area contributed by atoms with E-state index >= 15 is 0 Å². The van der Waals surface area contributed by atoms with Crippen LogP contribution in [0.25, 0.3) is 0 Å². The van der Waals surface area contributed by atoms with Crippen LogP contribution in [0, 0.1) is 0 Å². The molecule has 2 N–H and O–H groups in total. The molecule has 0 aliphatic rings. The molecule has 0 fully saturated rings. The van der Waals surface area contributed by atoms with E-state index < -0.39 is 0 Å². The van der Waals surface area contributed by atoms with Crippen molar-refractivity contribution in [2.24, 2.45) is 0 Å². The lowest BCUT2D eigenvalue weighted by molar-refractivity contribution is -0.123. The molecule has 0 aromatic carbocycles. The molecule has 1 rings (SSSR count). The van der Waals surface area contributed by atoms with Gasteiger partial charge >= 0.3 is 0 Å². The smallest absolute Gasteiger partial charge is 0.236 e. The molecule has 1 aromatic rings. The minimum Gasteiger partial charge on any atom is -0.355 e. The summed E-state index contributed by atoms with van der Waals surface area (Å²) in [6, 6.07) is -0.223. The minimum atomic E-state index is -0.279. The number of rotatable bonds is 5. The van der Waals surface area contributed by atoms with Crippen LogP contribution in [-0.2, 0) is 10.3 Å². The SMILES string of the molecule is CCNC(=O)C(C)NC(C)(C)c1nccs1. The van der Waals surface area contributed by atoms with Crippen molar-refractivity contribution >= 4 is 17.2 Å². The minimum absolute atomic E-state index is 0.0205. The van der Waals surface area contributed by atoms with Crippen molar-refractivity contribution in [2.45, 2.75) is 39.3 Å². The molecule has 0 spiro atoms. The third-order valence-corrected chi connectivity index (χ3v) is 3.39. The molecule has 0 aliphatic heterocycles. The van der Waals surface area contributed by atoms with Crippen LogP contribution >= 0.6 is 11.3 Å². The van der Waals surface area contributed by atoms with Gasteiger partial charge in [0.15, 0.2) is 0 Å². The lowest BCUT2D eigenvalue weighted by Gasteiger charge is -2.27. The first-order chi connectivity index (χ1) is 7.47. The quantitative estimate of drug-likeness (QED) is 0.821. The van der Waals surface area contributed by atoms with Crippen LogP contribution < -0.4 is 10.6 Å². The maximum absolute atomic E-state index is 11.6. The maximum Gasteiger partial charge on any atom is 0.236 e.